The first kappa shape index (κ1) is 25.1. The van der Waals surface area contributed by atoms with Crippen molar-refractivity contribution < 1.29 is 0 Å². The number of rotatable bonds is 6. The maximum atomic E-state index is 14.4. The quantitative estimate of drug-likeness (QED) is 0.261. The minimum Gasteiger partial charge on any atom is -0.361 e. The molecule has 0 spiro atoms. The summed E-state index contributed by atoms with van der Waals surface area (Å²) in [4.78, 5) is 32.1. The number of hydrogen-bond donors (Lipinski definition) is 1. The van der Waals surface area contributed by atoms with Crippen molar-refractivity contribution in [1.82, 2.24) is 24.5 Å². The summed E-state index contributed by atoms with van der Waals surface area (Å²) in [5, 5.41) is 5.13. The molecule has 40 heavy (non-hydrogen) atoms. The fraction of sp³-hybridized carbons (Fsp3) is 0.121. The fourth-order valence-electron chi connectivity index (χ4n) is 5.10. The lowest BCUT2D eigenvalue weighted by molar-refractivity contribution is 0.772. The average molecular weight is 525 g/mol. The van der Waals surface area contributed by atoms with Crippen molar-refractivity contribution in [3.63, 3.8) is 0 Å². The molecule has 4 heterocycles. The highest BCUT2D eigenvalue weighted by Gasteiger charge is 2.20. The van der Waals surface area contributed by atoms with Gasteiger partial charge in [-0.15, -0.1) is 0 Å². The number of fused-ring (bicyclic) bond motifs is 1. The molecule has 0 saturated heterocycles. The Kier molecular flexibility index (Phi) is 6.62. The van der Waals surface area contributed by atoms with Crippen molar-refractivity contribution in [1.29, 1.82) is 0 Å². The molecule has 0 saturated carbocycles. The highest BCUT2D eigenvalue weighted by molar-refractivity contribution is 5.96. The van der Waals surface area contributed by atoms with Crippen molar-refractivity contribution in [2.24, 2.45) is 0 Å². The number of nitrogens with one attached hydrogen (secondary N) is 1. The lowest BCUT2D eigenvalue weighted by Crippen LogP contribution is -2.26. The molecule has 0 aliphatic rings. The average Bonchev–Trinajstić information content (AvgIpc) is 2.97. The molecule has 6 aromatic rings. The monoisotopic (exact) mass is 524 g/mol. The van der Waals surface area contributed by atoms with Gasteiger partial charge in [0.15, 0.2) is 0 Å². The number of nitrogens with zero attached hydrogens (tertiary/aromatic N) is 5. The Morgan fingerprint density at radius 3 is 2.35 bits per heavy atom. The zero-order valence-corrected chi connectivity index (χ0v) is 22.5. The predicted octanol–water partition coefficient (Wildman–Crippen LogP) is 6.69. The van der Waals surface area contributed by atoms with Crippen LogP contribution in [0.3, 0.4) is 0 Å². The van der Waals surface area contributed by atoms with E-state index in [2.05, 4.69) is 26.3 Å². The summed E-state index contributed by atoms with van der Waals surface area (Å²) >= 11 is 0. The van der Waals surface area contributed by atoms with Crippen LogP contribution in [-0.2, 0) is 0 Å². The Morgan fingerprint density at radius 2 is 1.57 bits per heavy atom. The first-order valence-corrected chi connectivity index (χ1v) is 13.2. The third kappa shape index (κ3) is 4.73. The van der Waals surface area contributed by atoms with Gasteiger partial charge in [0.25, 0.3) is 5.56 Å². The smallest absolute Gasteiger partial charge is 0.263 e. The van der Waals surface area contributed by atoms with Gasteiger partial charge >= 0.3 is 0 Å². The molecule has 0 fully saturated rings. The second kappa shape index (κ2) is 10.5. The molecule has 4 aromatic heterocycles. The number of aromatic nitrogens is 5. The molecule has 0 unspecified atom stereocenters. The maximum absolute atomic E-state index is 14.4. The van der Waals surface area contributed by atoms with Crippen LogP contribution in [-0.4, -0.2) is 24.5 Å². The normalized spacial score (nSPS) is 11.9. The van der Waals surface area contributed by atoms with Crippen molar-refractivity contribution in [2.45, 2.75) is 26.8 Å². The van der Waals surface area contributed by atoms with Crippen LogP contribution in [0.1, 0.15) is 30.2 Å². The zero-order chi connectivity index (χ0) is 27.6. The summed E-state index contributed by atoms with van der Waals surface area (Å²) in [7, 11) is 0. The van der Waals surface area contributed by atoms with Crippen LogP contribution in [0.15, 0.2) is 108 Å². The van der Waals surface area contributed by atoms with E-state index in [1.54, 1.807) is 23.2 Å². The molecule has 2 aromatic carbocycles. The summed E-state index contributed by atoms with van der Waals surface area (Å²) in [6, 6.07) is 25.4. The summed E-state index contributed by atoms with van der Waals surface area (Å²) in [5.74, 6) is 1.35. The van der Waals surface area contributed by atoms with Gasteiger partial charge in [0, 0.05) is 47.4 Å². The Morgan fingerprint density at radius 1 is 0.800 bits per heavy atom. The van der Waals surface area contributed by atoms with E-state index >= 15 is 0 Å². The standard InChI is InChI=1S/C33H28N6O/c1-21-18-25(14-17-35-21)28-11-7-8-26-19-30(39(33(40)31(26)28)27-9-5-4-6-10-27)22(2)37-32-29(20-36-23(3)38-32)24-12-15-34-16-13-24/h4-20,22H,1-3H3,(H,36,37,38)/t22-/m0/s1. The van der Waals surface area contributed by atoms with E-state index in [0.717, 1.165) is 44.7 Å². The van der Waals surface area contributed by atoms with Crippen LogP contribution in [0.25, 0.3) is 38.7 Å². The molecule has 0 aliphatic carbocycles. The maximum Gasteiger partial charge on any atom is 0.263 e. The minimum absolute atomic E-state index is 0.0781. The Balaban J connectivity index is 1.54. The van der Waals surface area contributed by atoms with E-state index in [1.165, 1.54) is 0 Å². The molecule has 196 valence electrons. The van der Waals surface area contributed by atoms with Gasteiger partial charge in [0.05, 0.1) is 11.4 Å². The molecule has 1 N–H and O–H groups in total. The molecular weight excluding hydrogens is 496 g/mol. The summed E-state index contributed by atoms with van der Waals surface area (Å²) in [6.07, 6.45) is 7.10. The predicted molar refractivity (Wildman–Crippen MR) is 160 cm³/mol. The van der Waals surface area contributed by atoms with Crippen molar-refractivity contribution >= 4 is 16.6 Å². The van der Waals surface area contributed by atoms with E-state index < -0.39 is 0 Å². The van der Waals surface area contributed by atoms with Crippen LogP contribution in [0.5, 0.6) is 0 Å². The molecule has 0 bridgehead atoms. The molecule has 0 amide bonds. The topological polar surface area (TPSA) is 85.6 Å². The van der Waals surface area contributed by atoms with Crippen LogP contribution in [0, 0.1) is 13.8 Å². The molecule has 6 rings (SSSR count). The SMILES string of the molecule is Cc1cc(-c2cccc3cc([C@H](C)Nc4nc(C)ncc4-c4ccncc4)n(-c4ccccc4)c(=O)c23)ccn1. The lowest BCUT2D eigenvalue weighted by Gasteiger charge is -2.23. The molecule has 7 heteroatoms. The van der Waals surface area contributed by atoms with Gasteiger partial charge in [-0.25, -0.2) is 9.97 Å². The Bertz CT molecular complexity index is 1880. The number of anilines is 1. The second-order valence-electron chi connectivity index (χ2n) is 9.78. The Hall–Kier alpha value is -5.17. The van der Waals surface area contributed by atoms with Gasteiger partial charge in [-0.3, -0.25) is 19.3 Å². The molecule has 0 radical (unpaired) electrons. The van der Waals surface area contributed by atoms with Crippen molar-refractivity contribution in [2.75, 3.05) is 5.32 Å². The highest BCUT2D eigenvalue weighted by Crippen LogP contribution is 2.32. The number of benzene rings is 2. The molecular formula is C33H28N6O. The summed E-state index contributed by atoms with van der Waals surface area (Å²) < 4.78 is 1.80. The van der Waals surface area contributed by atoms with Crippen LogP contribution < -0.4 is 10.9 Å². The summed E-state index contributed by atoms with van der Waals surface area (Å²) in [5.41, 5.74) is 6.12. The van der Waals surface area contributed by atoms with Gasteiger partial charge in [-0.05, 0) is 85.3 Å². The lowest BCUT2D eigenvalue weighted by atomic mass is 9.98. The highest BCUT2D eigenvalue weighted by atomic mass is 16.1. The molecule has 7 nitrogen and oxygen atoms in total. The van der Waals surface area contributed by atoms with Crippen LogP contribution >= 0.6 is 0 Å². The van der Waals surface area contributed by atoms with E-state index in [0.29, 0.717) is 17.0 Å². The van der Waals surface area contributed by atoms with Gasteiger partial charge < -0.3 is 5.32 Å². The van der Waals surface area contributed by atoms with Crippen molar-refractivity contribution in [3.05, 3.63) is 131 Å². The van der Waals surface area contributed by atoms with Gasteiger partial charge in [-0.2, -0.15) is 0 Å². The van der Waals surface area contributed by atoms with E-state index in [4.69, 9.17) is 4.98 Å². The van der Waals surface area contributed by atoms with E-state index in [1.807, 2.05) is 99.8 Å². The fourth-order valence-corrected chi connectivity index (χ4v) is 5.10. The third-order valence-electron chi connectivity index (χ3n) is 6.99. The summed E-state index contributed by atoms with van der Waals surface area (Å²) in [6.45, 7) is 5.87. The van der Waals surface area contributed by atoms with Gasteiger partial charge in [-0.1, -0.05) is 36.4 Å². The van der Waals surface area contributed by atoms with Crippen LogP contribution in [0.2, 0.25) is 0 Å². The molecule has 1 atom stereocenters. The number of pyridine rings is 3. The second-order valence-corrected chi connectivity index (χ2v) is 9.78. The number of hydrogen-bond acceptors (Lipinski definition) is 6. The first-order chi connectivity index (χ1) is 19.5. The third-order valence-corrected chi connectivity index (χ3v) is 6.99. The Labute approximate surface area is 232 Å². The zero-order valence-electron chi connectivity index (χ0n) is 22.5. The number of aryl methyl sites for hydroxylation is 2. The largest absolute Gasteiger partial charge is 0.361 e. The number of para-hydroxylation sites is 1. The first-order valence-electron chi connectivity index (χ1n) is 13.2. The molecule has 0 aliphatic heterocycles. The van der Waals surface area contributed by atoms with Crippen LogP contribution in [0.4, 0.5) is 5.82 Å². The van der Waals surface area contributed by atoms with Crippen molar-refractivity contribution in [3.8, 4) is 27.9 Å². The minimum atomic E-state index is -0.265. The van der Waals surface area contributed by atoms with Gasteiger partial charge in [0.2, 0.25) is 0 Å². The van der Waals surface area contributed by atoms with E-state index in [9.17, 15) is 4.79 Å². The van der Waals surface area contributed by atoms with E-state index in [-0.39, 0.29) is 11.6 Å². The van der Waals surface area contributed by atoms with Gasteiger partial charge in [0.1, 0.15) is 11.6 Å².